The summed E-state index contributed by atoms with van der Waals surface area (Å²) in [6.07, 6.45) is 0.942. The Morgan fingerprint density at radius 3 is 2.74 bits per heavy atom. The van der Waals surface area contributed by atoms with Crippen molar-refractivity contribution in [2.75, 3.05) is 39.4 Å². The third-order valence-corrected chi connectivity index (χ3v) is 4.24. The van der Waals surface area contributed by atoms with Crippen molar-refractivity contribution in [1.29, 1.82) is 0 Å². The van der Waals surface area contributed by atoms with Crippen LogP contribution in [0.2, 0.25) is 10.0 Å². The van der Waals surface area contributed by atoms with E-state index < -0.39 is 0 Å². The summed E-state index contributed by atoms with van der Waals surface area (Å²) < 4.78 is 5.30. The second-order valence-corrected chi connectivity index (χ2v) is 6.39. The summed E-state index contributed by atoms with van der Waals surface area (Å²) in [6, 6.07) is 4.71. The fraction of sp³-hybridized carbons (Fsp3) is 0.467. The highest BCUT2D eigenvalue weighted by Crippen LogP contribution is 2.20. The number of carbonyl (C=O) groups is 1. The highest BCUT2D eigenvalue weighted by atomic mass is 35.5. The maximum Gasteiger partial charge on any atom is 0.258 e. The second-order valence-electron chi connectivity index (χ2n) is 5.14. The molecule has 23 heavy (non-hydrogen) atoms. The zero-order chi connectivity index (χ0) is 16.7. The van der Waals surface area contributed by atoms with Gasteiger partial charge >= 0.3 is 0 Å². The van der Waals surface area contributed by atoms with Gasteiger partial charge in [0.25, 0.3) is 5.91 Å². The summed E-state index contributed by atoms with van der Waals surface area (Å²) in [7, 11) is 0. The van der Waals surface area contributed by atoms with Gasteiger partial charge in [-0.05, 0) is 43.4 Å². The predicted octanol–water partition coefficient (Wildman–Crippen LogP) is 2.32. The summed E-state index contributed by atoms with van der Waals surface area (Å²) >= 11 is 16.9. The molecule has 0 atom stereocenters. The lowest BCUT2D eigenvalue weighted by molar-refractivity contribution is 0.0376. The first kappa shape index (κ1) is 18.4. The minimum Gasteiger partial charge on any atom is -0.379 e. The van der Waals surface area contributed by atoms with Gasteiger partial charge in [-0.1, -0.05) is 23.2 Å². The minimum absolute atomic E-state index is 0.294. The maximum atomic E-state index is 12.1. The number of hydrogen-bond acceptors (Lipinski definition) is 4. The smallest absolute Gasteiger partial charge is 0.258 e. The molecule has 1 saturated heterocycles. The lowest BCUT2D eigenvalue weighted by Crippen LogP contribution is -2.41. The molecule has 0 spiro atoms. The van der Waals surface area contributed by atoms with E-state index in [1.807, 2.05) is 0 Å². The molecule has 1 aromatic carbocycles. The summed E-state index contributed by atoms with van der Waals surface area (Å²) in [5, 5.41) is 6.71. The number of hydrogen-bond donors (Lipinski definition) is 2. The van der Waals surface area contributed by atoms with Crippen LogP contribution in [-0.4, -0.2) is 55.3 Å². The number of morpholine rings is 1. The maximum absolute atomic E-state index is 12.1. The lowest BCUT2D eigenvalue weighted by Gasteiger charge is -2.26. The average molecular weight is 376 g/mol. The Bertz CT molecular complexity index is 566. The first-order valence-corrected chi connectivity index (χ1v) is 8.57. The van der Waals surface area contributed by atoms with Gasteiger partial charge in [0.05, 0.1) is 23.8 Å². The van der Waals surface area contributed by atoms with Crippen molar-refractivity contribution < 1.29 is 9.53 Å². The molecule has 5 nitrogen and oxygen atoms in total. The number of amides is 1. The first-order valence-electron chi connectivity index (χ1n) is 7.40. The van der Waals surface area contributed by atoms with E-state index in [0.29, 0.717) is 27.3 Å². The topological polar surface area (TPSA) is 53.6 Å². The molecule has 0 radical (unpaired) electrons. The predicted molar refractivity (Wildman–Crippen MR) is 96.4 cm³/mol. The molecular weight excluding hydrogens is 357 g/mol. The van der Waals surface area contributed by atoms with Gasteiger partial charge in [0, 0.05) is 24.7 Å². The van der Waals surface area contributed by atoms with Crippen LogP contribution in [0.3, 0.4) is 0 Å². The Morgan fingerprint density at radius 2 is 2.04 bits per heavy atom. The van der Waals surface area contributed by atoms with E-state index in [4.69, 9.17) is 40.2 Å². The molecule has 1 amide bonds. The number of ether oxygens (including phenoxy) is 1. The molecule has 126 valence electrons. The van der Waals surface area contributed by atoms with Crippen LogP contribution in [0, 0.1) is 0 Å². The molecule has 0 saturated carbocycles. The van der Waals surface area contributed by atoms with Gasteiger partial charge < -0.3 is 10.1 Å². The van der Waals surface area contributed by atoms with E-state index in [2.05, 4.69) is 15.5 Å². The summed E-state index contributed by atoms with van der Waals surface area (Å²) in [5.41, 5.74) is 0.341. The van der Waals surface area contributed by atoms with E-state index >= 15 is 0 Å². The van der Waals surface area contributed by atoms with Crippen molar-refractivity contribution in [2.24, 2.45) is 0 Å². The molecule has 0 aromatic heterocycles. The Kier molecular flexibility index (Phi) is 7.52. The van der Waals surface area contributed by atoms with Gasteiger partial charge in [-0.15, -0.1) is 0 Å². The van der Waals surface area contributed by atoms with E-state index in [9.17, 15) is 4.79 Å². The first-order chi connectivity index (χ1) is 11.1. The normalized spacial score (nSPS) is 15.2. The lowest BCUT2D eigenvalue weighted by atomic mass is 10.2. The minimum atomic E-state index is -0.350. The number of nitrogens with one attached hydrogen (secondary N) is 2. The summed E-state index contributed by atoms with van der Waals surface area (Å²) in [5.74, 6) is -0.350. The molecular formula is C15H19Cl2N3O2S. The molecule has 0 bridgehead atoms. The molecule has 2 N–H and O–H groups in total. The molecule has 1 aromatic rings. The molecule has 0 aliphatic carbocycles. The van der Waals surface area contributed by atoms with Crippen LogP contribution in [0.1, 0.15) is 16.8 Å². The average Bonchev–Trinajstić information content (AvgIpc) is 2.52. The fourth-order valence-corrected chi connectivity index (χ4v) is 2.91. The van der Waals surface area contributed by atoms with Crippen molar-refractivity contribution in [3.05, 3.63) is 33.8 Å². The quantitative estimate of drug-likeness (QED) is 0.610. The van der Waals surface area contributed by atoms with Crippen LogP contribution >= 0.6 is 35.4 Å². The number of benzene rings is 1. The number of rotatable bonds is 5. The fourth-order valence-electron chi connectivity index (χ4n) is 2.22. The SMILES string of the molecule is O=C(NC(=S)NCCCN1CCOCC1)c1ccc(Cl)cc1Cl. The van der Waals surface area contributed by atoms with E-state index in [0.717, 1.165) is 39.3 Å². The van der Waals surface area contributed by atoms with E-state index in [1.165, 1.54) is 6.07 Å². The van der Waals surface area contributed by atoms with Crippen LogP contribution in [0.25, 0.3) is 0 Å². The standard InChI is InChI=1S/C15H19Cl2N3O2S/c16-11-2-3-12(13(17)10-11)14(21)19-15(23)18-4-1-5-20-6-8-22-9-7-20/h2-3,10H,1,4-9H2,(H2,18,19,21,23). The Labute approximate surface area is 151 Å². The molecule has 8 heteroatoms. The van der Waals surface area contributed by atoms with Gasteiger partial charge in [0.2, 0.25) is 0 Å². The summed E-state index contributed by atoms with van der Waals surface area (Å²) in [4.78, 5) is 14.4. The molecule has 1 heterocycles. The van der Waals surface area contributed by atoms with Gasteiger partial charge in [0.15, 0.2) is 5.11 Å². The van der Waals surface area contributed by atoms with Crippen LogP contribution < -0.4 is 10.6 Å². The van der Waals surface area contributed by atoms with Crippen molar-refractivity contribution in [3.63, 3.8) is 0 Å². The van der Waals surface area contributed by atoms with Crippen molar-refractivity contribution in [1.82, 2.24) is 15.5 Å². The number of nitrogens with zero attached hydrogens (tertiary/aromatic N) is 1. The van der Waals surface area contributed by atoms with Crippen molar-refractivity contribution >= 4 is 46.4 Å². The second kappa shape index (κ2) is 9.39. The highest BCUT2D eigenvalue weighted by molar-refractivity contribution is 7.80. The highest BCUT2D eigenvalue weighted by Gasteiger charge is 2.12. The molecule has 1 fully saturated rings. The van der Waals surface area contributed by atoms with E-state index in [-0.39, 0.29) is 5.91 Å². The number of halogens is 2. The van der Waals surface area contributed by atoms with Gasteiger partial charge in [-0.3, -0.25) is 15.0 Å². The molecule has 1 aliphatic heterocycles. The zero-order valence-corrected chi connectivity index (χ0v) is 14.9. The van der Waals surface area contributed by atoms with Gasteiger partial charge in [0.1, 0.15) is 0 Å². The van der Waals surface area contributed by atoms with Crippen LogP contribution in [0.4, 0.5) is 0 Å². The largest absolute Gasteiger partial charge is 0.379 e. The van der Waals surface area contributed by atoms with Crippen LogP contribution in [0.5, 0.6) is 0 Å². The van der Waals surface area contributed by atoms with Crippen LogP contribution in [0.15, 0.2) is 18.2 Å². The molecule has 0 unspecified atom stereocenters. The van der Waals surface area contributed by atoms with Gasteiger partial charge in [-0.25, -0.2) is 0 Å². The number of thiocarbonyl (C=S) groups is 1. The van der Waals surface area contributed by atoms with Gasteiger partial charge in [-0.2, -0.15) is 0 Å². The van der Waals surface area contributed by atoms with E-state index in [1.54, 1.807) is 12.1 Å². The van der Waals surface area contributed by atoms with Crippen LogP contribution in [-0.2, 0) is 4.74 Å². The zero-order valence-electron chi connectivity index (χ0n) is 12.6. The molecule has 1 aliphatic rings. The Morgan fingerprint density at radius 1 is 1.30 bits per heavy atom. The van der Waals surface area contributed by atoms with Crippen molar-refractivity contribution in [3.8, 4) is 0 Å². The number of carbonyl (C=O) groups excluding carboxylic acids is 1. The third-order valence-electron chi connectivity index (χ3n) is 3.44. The monoisotopic (exact) mass is 375 g/mol. The summed E-state index contributed by atoms with van der Waals surface area (Å²) in [6.45, 7) is 5.21. The third kappa shape index (κ3) is 6.24. The Balaban J connectivity index is 1.68. The van der Waals surface area contributed by atoms with Crippen molar-refractivity contribution in [2.45, 2.75) is 6.42 Å². The molecule has 2 rings (SSSR count). The Hall–Kier alpha value is -0.920.